The Bertz CT molecular complexity index is 1270. The maximum Gasteiger partial charge on any atom is 0.0613 e. The third-order valence-electron chi connectivity index (χ3n) is 6.32. The van der Waals surface area contributed by atoms with Crippen LogP contribution >= 0.6 is 0 Å². The molecule has 0 spiro atoms. The minimum atomic E-state index is 1.19. The molecule has 1 heterocycles. The van der Waals surface area contributed by atoms with Gasteiger partial charge in [-0.05, 0) is 53.6 Å². The predicted molar refractivity (Wildman–Crippen MR) is 126 cm³/mol. The molecule has 0 saturated carbocycles. The molecule has 0 fully saturated rings. The molecular formula is C29H23N. The van der Waals surface area contributed by atoms with Crippen molar-refractivity contribution in [1.29, 1.82) is 0 Å². The summed E-state index contributed by atoms with van der Waals surface area (Å²) in [5.41, 5.74) is 9.30. The summed E-state index contributed by atoms with van der Waals surface area (Å²) in [6.07, 6.45) is 3.66. The minimum absolute atomic E-state index is 1.19. The molecule has 144 valence electrons. The van der Waals surface area contributed by atoms with Gasteiger partial charge in [0.1, 0.15) is 0 Å². The number of hydrogen-bond acceptors (Lipinski definition) is 0. The number of hydrogen-bond donors (Lipinski definition) is 0. The number of aryl methyl sites for hydroxylation is 2. The summed E-state index contributed by atoms with van der Waals surface area (Å²) in [6.45, 7) is 0. The second-order valence-corrected chi connectivity index (χ2v) is 8.12. The second-order valence-electron chi connectivity index (χ2n) is 8.12. The van der Waals surface area contributed by atoms with Gasteiger partial charge in [0.15, 0.2) is 0 Å². The van der Waals surface area contributed by atoms with E-state index in [-0.39, 0.29) is 0 Å². The highest BCUT2D eigenvalue weighted by Crippen LogP contribution is 2.42. The van der Waals surface area contributed by atoms with Crippen molar-refractivity contribution in [3.8, 4) is 28.2 Å². The molecule has 4 aromatic carbocycles. The van der Waals surface area contributed by atoms with Crippen LogP contribution in [0.2, 0.25) is 0 Å². The summed E-state index contributed by atoms with van der Waals surface area (Å²) in [5.74, 6) is 0. The fraction of sp³-hybridized carbons (Fsp3) is 0.103. The van der Waals surface area contributed by atoms with Gasteiger partial charge in [0, 0.05) is 16.5 Å². The van der Waals surface area contributed by atoms with E-state index in [1.807, 2.05) is 0 Å². The quantitative estimate of drug-likeness (QED) is 0.304. The summed E-state index contributed by atoms with van der Waals surface area (Å²) < 4.78 is 2.48. The Hall–Kier alpha value is -3.58. The first-order valence-electron chi connectivity index (χ1n) is 10.8. The van der Waals surface area contributed by atoms with Crippen molar-refractivity contribution in [3.63, 3.8) is 0 Å². The van der Waals surface area contributed by atoms with E-state index in [1.54, 1.807) is 0 Å². The van der Waals surface area contributed by atoms with Gasteiger partial charge < -0.3 is 4.57 Å². The van der Waals surface area contributed by atoms with Crippen LogP contribution in [0, 0.1) is 0 Å². The Morgan fingerprint density at radius 3 is 1.63 bits per heavy atom. The first-order valence-corrected chi connectivity index (χ1v) is 10.8. The van der Waals surface area contributed by atoms with Gasteiger partial charge in [0.05, 0.1) is 11.4 Å². The van der Waals surface area contributed by atoms with E-state index in [9.17, 15) is 0 Å². The molecule has 1 aliphatic rings. The van der Waals surface area contributed by atoms with Gasteiger partial charge in [-0.1, -0.05) is 91.0 Å². The van der Waals surface area contributed by atoms with E-state index in [1.165, 1.54) is 69.4 Å². The number of benzene rings is 4. The molecular weight excluding hydrogens is 362 g/mol. The maximum atomic E-state index is 2.48. The van der Waals surface area contributed by atoms with Crippen molar-refractivity contribution < 1.29 is 0 Å². The molecule has 0 N–H and O–H groups in total. The maximum absolute atomic E-state index is 2.48. The van der Waals surface area contributed by atoms with Gasteiger partial charge in [0.25, 0.3) is 0 Å². The topological polar surface area (TPSA) is 4.93 Å². The van der Waals surface area contributed by atoms with E-state index >= 15 is 0 Å². The molecule has 5 aromatic rings. The minimum Gasteiger partial charge on any atom is -0.308 e. The van der Waals surface area contributed by atoms with Crippen LogP contribution in [0.15, 0.2) is 103 Å². The number of fused-ring (bicyclic) bond motifs is 2. The molecule has 1 nitrogen and oxygen atoms in total. The van der Waals surface area contributed by atoms with Crippen LogP contribution in [0.1, 0.15) is 17.5 Å². The van der Waals surface area contributed by atoms with Gasteiger partial charge in [-0.3, -0.25) is 0 Å². The van der Waals surface area contributed by atoms with E-state index in [0.29, 0.717) is 0 Å². The van der Waals surface area contributed by atoms with Crippen LogP contribution in [0.3, 0.4) is 0 Å². The Labute approximate surface area is 177 Å². The molecule has 0 aliphatic heterocycles. The monoisotopic (exact) mass is 385 g/mol. The third-order valence-corrected chi connectivity index (χ3v) is 6.32. The van der Waals surface area contributed by atoms with E-state index < -0.39 is 0 Å². The first-order chi connectivity index (χ1) is 14.9. The van der Waals surface area contributed by atoms with Gasteiger partial charge >= 0.3 is 0 Å². The van der Waals surface area contributed by atoms with Crippen LogP contribution in [-0.4, -0.2) is 4.57 Å². The highest BCUT2D eigenvalue weighted by Gasteiger charge is 2.21. The standard InChI is InChI=1S/C29H23N/c1-3-10-22(11-4-1)28-26-16-7-8-17-27(26)29(23-12-5-2-6-13-23)30(28)25-19-18-21-14-9-15-24(21)20-25/h1-8,10-13,16-20H,9,14-15H2. The SMILES string of the molecule is c1ccc(-c2c3ccccc3c(-c3ccccc3)n2-c2ccc3c(c2)CCC3)cc1. The van der Waals surface area contributed by atoms with E-state index in [4.69, 9.17) is 0 Å². The van der Waals surface area contributed by atoms with E-state index in [0.717, 1.165) is 0 Å². The summed E-state index contributed by atoms with van der Waals surface area (Å²) in [4.78, 5) is 0. The van der Waals surface area contributed by atoms with E-state index in [2.05, 4.69) is 108 Å². The average Bonchev–Trinajstić information content (AvgIpc) is 3.42. The van der Waals surface area contributed by atoms with Gasteiger partial charge in [0.2, 0.25) is 0 Å². The molecule has 0 bridgehead atoms. The first kappa shape index (κ1) is 17.3. The van der Waals surface area contributed by atoms with Crippen LogP contribution in [0.4, 0.5) is 0 Å². The van der Waals surface area contributed by atoms with Crippen LogP contribution in [0.25, 0.3) is 39.0 Å². The Kier molecular flexibility index (Phi) is 4.06. The molecule has 0 radical (unpaired) electrons. The third kappa shape index (κ3) is 2.70. The van der Waals surface area contributed by atoms with Crippen molar-refractivity contribution in [2.45, 2.75) is 19.3 Å². The Morgan fingerprint density at radius 2 is 1.03 bits per heavy atom. The lowest BCUT2D eigenvalue weighted by molar-refractivity contribution is 0.911. The molecule has 0 saturated heterocycles. The summed E-state index contributed by atoms with van der Waals surface area (Å²) in [5, 5.41) is 2.59. The molecule has 1 heteroatoms. The Morgan fingerprint density at radius 1 is 0.500 bits per heavy atom. The number of aromatic nitrogens is 1. The second kappa shape index (κ2) is 7.03. The average molecular weight is 386 g/mol. The van der Waals surface area contributed by atoms with Crippen molar-refractivity contribution in [3.05, 3.63) is 114 Å². The molecule has 1 aliphatic carbocycles. The lowest BCUT2D eigenvalue weighted by Crippen LogP contribution is -2.01. The highest BCUT2D eigenvalue weighted by atomic mass is 15.0. The summed E-state index contributed by atoms with van der Waals surface area (Å²) in [6, 6.07) is 37.5. The van der Waals surface area contributed by atoms with Gasteiger partial charge in [-0.25, -0.2) is 0 Å². The van der Waals surface area contributed by atoms with Gasteiger partial charge in [-0.2, -0.15) is 0 Å². The van der Waals surface area contributed by atoms with Crippen LogP contribution < -0.4 is 0 Å². The zero-order valence-electron chi connectivity index (χ0n) is 16.9. The smallest absolute Gasteiger partial charge is 0.0613 e. The number of rotatable bonds is 3. The summed E-state index contributed by atoms with van der Waals surface area (Å²) in [7, 11) is 0. The van der Waals surface area contributed by atoms with Crippen LogP contribution in [-0.2, 0) is 12.8 Å². The van der Waals surface area contributed by atoms with Gasteiger partial charge in [-0.15, -0.1) is 0 Å². The Balaban J connectivity index is 1.75. The summed E-state index contributed by atoms with van der Waals surface area (Å²) >= 11 is 0. The van der Waals surface area contributed by atoms with Crippen molar-refractivity contribution >= 4 is 10.8 Å². The number of nitrogens with zero attached hydrogens (tertiary/aromatic N) is 1. The zero-order valence-corrected chi connectivity index (χ0v) is 16.9. The highest BCUT2D eigenvalue weighted by molar-refractivity contribution is 6.06. The van der Waals surface area contributed by atoms with Crippen molar-refractivity contribution in [1.82, 2.24) is 4.57 Å². The lowest BCUT2D eigenvalue weighted by Gasteiger charge is -2.16. The fourth-order valence-electron chi connectivity index (χ4n) is 4.97. The molecule has 30 heavy (non-hydrogen) atoms. The largest absolute Gasteiger partial charge is 0.308 e. The van der Waals surface area contributed by atoms with Crippen molar-refractivity contribution in [2.75, 3.05) is 0 Å². The molecule has 0 amide bonds. The molecule has 6 rings (SSSR count). The fourth-order valence-corrected chi connectivity index (χ4v) is 4.97. The predicted octanol–water partition coefficient (Wildman–Crippen LogP) is 7.45. The van der Waals surface area contributed by atoms with Crippen LogP contribution in [0.5, 0.6) is 0 Å². The zero-order chi connectivity index (χ0) is 19.9. The molecule has 0 atom stereocenters. The molecule has 0 unspecified atom stereocenters. The normalized spacial score (nSPS) is 12.9. The van der Waals surface area contributed by atoms with Crippen molar-refractivity contribution in [2.24, 2.45) is 0 Å². The molecule has 1 aromatic heterocycles. The lowest BCUT2D eigenvalue weighted by atomic mass is 10.0.